The van der Waals surface area contributed by atoms with Crippen LogP contribution in [0.2, 0.25) is 0 Å². The molecule has 0 spiro atoms. The van der Waals surface area contributed by atoms with Crippen molar-refractivity contribution in [2.75, 3.05) is 13.1 Å². The number of benzene rings is 1. The van der Waals surface area contributed by atoms with Gasteiger partial charge in [0.05, 0.1) is 6.04 Å². The van der Waals surface area contributed by atoms with Crippen LogP contribution in [0.4, 0.5) is 0 Å². The Morgan fingerprint density at radius 2 is 2.05 bits per heavy atom. The summed E-state index contributed by atoms with van der Waals surface area (Å²) in [5, 5.41) is 3.58. The van der Waals surface area contributed by atoms with Gasteiger partial charge in [-0.1, -0.05) is 51.1 Å². The zero-order valence-electron chi connectivity index (χ0n) is 12.1. The van der Waals surface area contributed by atoms with Crippen molar-refractivity contribution >= 4 is 5.91 Å². The maximum atomic E-state index is 12.2. The van der Waals surface area contributed by atoms with Crippen molar-refractivity contribution < 1.29 is 4.79 Å². The molecule has 1 amide bonds. The standard InChI is InChI=1S/C16H24N2O/c1-4-16(19)18-11-14(12(2)3)17-10-15(18)13-8-6-5-7-9-13/h5-9,12,14-15,17H,4,10-11H2,1-3H3. The summed E-state index contributed by atoms with van der Waals surface area (Å²) in [4.78, 5) is 14.3. The lowest BCUT2D eigenvalue weighted by Crippen LogP contribution is -2.55. The summed E-state index contributed by atoms with van der Waals surface area (Å²) in [5.41, 5.74) is 1.22. The van der Waals surface area contributed by atoms with E-state index in [1.807, 2.05) is 25.1 Å². The van der Waals surface area contributed by atoms with E-state index < -0.39 is 0 Å². The average molecular weight is 260 g/mol. The van der Waals surface area contributed by atoms with E-state index in [9.17, 15) is 4.79 Å². The summed E-state index contributed by atoms with van der Waals surface area (Å²) in [7, 11) is 0. The normalized spacial score (nSPS) is 23.7. The maximum absolute atomic E-state index is 12.2. The van der Waals surface area contributed by atoms with Crippen molar-refractivity contribution in [3.05, 3.63) is 35.9 Å². The third-order valence-corrected chi connectivity index (χ3v) is 3.95. The van der Waals surface area contributed by atoms with Gasteiger partial charge in [0, 0.05) is 25.6 Å². The number of rotatable bonds is 3. The highest BCUT2D eigenvalue weighted by atomic mass is 16.2. The first-order valence-corrected chi connectivity index (χ1v) is 7.21. The molecule has 2 rings (SSSR count). The molecule has 3 heteroatoms. The van der Waals surface area contributed by atoms with E-state index >= 15 is 0 Å². The monoisotopic (exact) mass is 260 g/mol. The number of nitrogens with one attached hydrogen (secondary N) is 1. The molecule has 1 aromatic carbocycles. The lowest BCUT2D eigenvalue weighted by atomic mass is 9.95. The van der Waals surface area contributed by atoms with Crippen molar-refractivity contribution in [2.45, 2.75) is 39.3 Å². The number of piperazine rings is 1. The second kappa shape index (κ2) is 6.20. The molecule has 1 saturated heterocycles. The smallest absolute Gasteiger partial charge is 0.222 e. The molecule has 1 aliphatic rings. The van der Waals surface area contributed by atoms with Crippen LogP contribution in [-0.2, 0) is 4.79 Å². The molecule has 0 saturated carbocycles. The molecule has 19 heavy (non-hydrogen) atoms. The molecule has 1 heterocycles. The lowest BCUT2D eigenvalue weighted by Gasteiger charge is -2.42. The molecule has 3 nitrogen and oxygen atoms in total. The van der Waals surface area contributed by atoms with E-state index in [4.69, 9.17) is 0 Å². The Morgan fingerprint density at radius 3 is 2.63 bits per heavy atom. The summed E-state index contributed by atoms with van der Waals surface area (Å²) < 4.78 is 0. The minimum absolute atomic E-state index is 0.170. The van der Waals surface area contributed by atoms with Crippen molar-refractivity contribution in [2.24, 2.45) is 5.92 Å². The first kappa shape index (κ1) is 14.1. The Morgan fingerprint density at radius 1 is 1.37 bits per heavy atom. The van der Waals surface area contributed by atoms with Crippen molar-refractivity contribution in [3.8, 4) is 0 Å². The number of amides is 1. The Bertz CT molecular complexity index is 416. The molecule has 2 unspecified atom stereocenters. The highest BCUT2D eigenvalue weighted by Crippen LogP contribution is 2.25. The summed E-state index contributed by atoms with van der Waals surface area (Å²) in [6.45, 7) is 8.00. The van der Waals surface area contributed by atoms with E-state index in [1.54, 1.807) is 0 Å². The largest absolute Gasteiger partial charge is 0.333 e. The molecule has 1 aliphatic heterocycles. The van der Waals surface area contributed by atoms with Crippen molar-refractivity contribution in [1.82, 2.24) is 10.2 Å². The molecule has 1 N–H and O–H groups in total. The lowest BCUT2D eigenvalue weighted by molar-refractivity contribution is -0.135. The summed E-state index contributed by atoms with van der Waals surface area (Å²) in [6.07, 6.45) is 0.578. The Hall–Kier alpha value is -1.35. The van der Waals surface area contributed by atoms with Crippen LogP contribution in [0, 0.1) is 5.92 Å². The van der Waals surface area contributed by atoms with E-state index in [0.29, 0.717) is 18.4 Å². The predicted octanol–water partition coefficient (Wildman–Crippen LogP) is 2.59. The maximum Gasteiger partial charge on any atom is 0.222 e. The van der Waals surface area contributed by atoms with E-state index in [1.165, 1.54) is 5.56 Å². The van der Waals surface area contributed by atoms with Crippen molar-refractivity contribution in [3.63, 3.8) is 0 Å². The minimum Gasteiger partial charge on any atom is -0.333 e. The van der Waals surface area contributed by atoms with Crippen LogP contribution in [0.1, 0.15) is 38.8 Å². The van der Waals surface area contributed by atoms with Crippen LogP contribution in [0.5, 0.6) is 0 Å². The first-order valence-electron chi connectivity index (χ1n) is 7.21. The second-order valence-corrected chi connectivity index (χ2v) is 5.58. The van der Waals surface area contributed by atoms with Crippen LogP contribution in [-0.4, -0.2) is 29.9 Å². The van der Waals surface area contributed by atoms with Gasteiger partial charge >= 0.3 is 0 Å². The first-order chi connectivity index (χ1) is 9.13. The van der Waals surface area contributed by atoms with Gasteiger partial charge in [-0.25, -0.2) is 0 Å². The van der Waals surface area contributed by atoms with Crippen molar-refractivity contribution in [1.29, 1.82) is 0 Å². The number of hydrogen-bond acceptors (Lipinski definition) is 2. The molecule has 104 valence electrons. The Labute approximate surface area is 116 Å². The van der Waals surface area contributed by atoms with E-state index in [-0.39, 0.29) is 11.9 Å². The van der Waals surface area contributed by atoms with Gasteiger partial charge in [-0.3, -0.25) is 4.79 Å². The fraction of sp³-hybridized carbons (Fsp3) is 0.562. The molecule has 0 aromatic heterocycles. The van der Waals surface area contributed by atoms with Crippen LogP contribution >= 0.6 is 0 Å². The Balaban J connectivity index is 2.20. The zero-order chi connectivity index (χ0) is 13.8. The van der Waals surface area contributed by atoms with Gasteiger partial charge in [0.15, 0.2) is 0 Å². The van der Waals surface area contributed by atoms with Gasteiger partial charge in [0.25, 0.3) is 0 Å². The summed E-state index contributed by atoms with van der Waals surface area (Å²) in [6, 6.07) is 10.9. The van der Waals surface area contributed by atoms with Crippen LogP contribution < -0.4 is 5.32 Å². The fourth-order valence-corrected chi connectivity index (χ4v) is 2.68. The van der Waals surface area contributed by atoms with Gasteiger partial charge in [-0.05, 0) is 11.5 Å². The van der Waals surface area contributed by atoms with Crippen LogP contribution in [0.15, 0.2) is 30.3 Å². The molecule has 0 radical (unpaired) electrons. The number of nitrogens with zero attached hydrogens (tertiary/aromatic N) is 1. The summed E-state index contributed by atoms with van der Waals surface area (Å²) >= 11 is 0. The number of carbonyl (C=O) groups excluding carboxylic acids is 1. The molecular formula is C16H24N2O. The average Bonchev–Trinajstić information content (AvgIpc) is 2.46. The number of hydrogen-bond donors (Lipinski definition) is 1. The highest BCUT2D eigenvalue weighted by Gasteiger charge is 2.32. The predicted molar refractivity (Wildman–Crippen MR) is 77.8 cm³/mol. The fourth-order valence-electron chi connectivity index (χ4n) is 2.68. The topological polar surface area (TPSA) is 32.3 Å². The van der Waals surface area contributed by atoms with E-state index in [0.717, 1.165) is 13.1 Å². The minimum atomic E-state index is 0.170. The second-order valence-electron chi connectivity index (χ2n) is 5.58. The van der Waals surface area contributed by atoms with Gasteiger partial charge in [0.1, 0.15) is 0 Å². The zero-order valence-corrected chi connectivity index (χ0v) is 12.1. The van der Waals surface area contributed by atoms with Crippen LogP contribution in [0.25, 0.3) is 0 Å². The SMILES string of the molecule is CCC(=O)N1CC(C(C)C)NCC1c1ccccc1. The summed E-state index contributed by atoms with van der Waals surface area (Å²) in [5.74, 6) is 0.796. The molecule has 1 aromatic rings. The third-order valence-electron chi connectivity index (χ3n) is 3.95. The van der Waals surface area contributed by atoms with Gasteiger partial charge in [-0.2, -0.15) is 0 Å². The highest BCUT2D eigenvalue weighted by molar-refractivity contribution is 5.76. The van der Waals surface area contributed by atoms with Gasteiger partial charge in [0.2, 0.25) is 5.91 Å². The molecule has 0 aliphatic carbocycles. The quantitative estimate of drug-likeness (QED) is 0.906. The molecule has 1 fully saturated rings. The molecule has 0 bridgehead atoms. The molecule has 2 atom stereocenters. The van der Waals surface area contributed by atoms with Crippen LogP contribution in [0.3, 0.4) is 0 Å². The number of carbonyl (C=O) groups is 1. The molecular weight excluding hydrogens is 236 g/mol. The van der Waals surface area contributed by atoms with Gasteiger partial charge in [-0.15, -0.1) is 0 Å². The Kier molecular flexibility index (Phi) is 4.59. The third kappa shape index (κ3) is 3.16. The van der Waals surface area contributed by atoms with E-state index in [2.05, 4.69) is 36.2 Å². The van der Waals surface area contributed by atoms with Gasteiger partial charge < -0.3 is 10.2 Å².